The van der Waals surface area contributed by atoms with Gasteiger partial charge in [0.05, 0.1) is 19.4 Å². The van der Waals surface area contributed by atoms with Gasteiger partial charge < -0.3 is 10.5 Å². The second-order valence-electron chi connectivity index (χ2n) is 7.43. The Morgan fingerprint density at radius 1 is 1.15 bits per heavy atom. The van der Waals surface area contributed by atoms with Crippen LogP contribution in [0.5, 0.6) is 0 Å². The quantitative estimate of drug-likeness (QED) is 0.326. The molecule has 1 aliphatic heterocycles. The highest BCUT2D eigenvalue weighted by molar-refractivity contribution is 6.00. The van der Waals surface area contributed by atoms with Crippen LogP contribution in [0.1, 0.15) is 21.7 Å². The lowest BCUT2D eigenvalue weighted by atomic mass is 10.1. The van der Waals surface area contributed by atoms with Gasteiger partial charge in [0.15, 0.2) is 5.69 Å². The van der Waals surface area contributed by atoms with Crippen molar-refractivity contribution in [1.82, 2.24) is 35.6 Å². The van der Waals surface area contributed by atoms with E-state index < -0.39 is 5.91 Å². The van der Waals surface area contributed by atoms with Crippen molar-refractivity contribution in [2.75, 3.05) is 32.0 Å². The fourth-order valence-electron chi connectivity index (χ4n) is 3.68. The largest absolute Gasteiger partial charge is 0.379 e. The molecule has 0 unspecified atom stereocenters. The van der Waals surface area contributed by atoms with E-state index >= 15 is 0 Å². The van der Waals surface area contributed by atoms with Crippen molar-refractivity contribution in [3.8, 4) is 5.82 Å². The summed E-state index contributed by atoms with van der Waals surface area (Å²) in [7, 11) is 0. The molecule has 3 heterocycles. The molecule has 0 radical (unpaired) electrons. The maximum atomic E-state index is 13.2. The molecule has 4 aromatic rings. The van der Waals surface area contributed by atoms with Gasteiger partial charge in [-0.3, -0.25) is 9.69 Å². The Kier molecular flexibility index (Phi) is 5.74. The molecule has 168 valence electrons. The number of hydrogen-bond acceptors (Lipinski definition) is 10. The Morgan fingerprint density at radius 3 is 2.79 bits per heavy atom. The van der Waals surface area contributed by atoms with Gasteiger partial charge in [0, 0.05) is 25.2 Å². The predicted octanol–water partition coefficient (Wildman–Crippen LogP) is 0.982. The van der Waals surface area contributed by atoms with Gasteiger partial charge >= 0.3 is 0 Å². The Bertz CT molecular complexity index is 1300. The molecule has 2 aromatic heterocycles. The predicted molar refractivity (Wildman–Crippen MR) is 119 cm³/mol. The van der Waals surface area contributed by atoms with Crippen molar-refractivity contribution < 1.29 is 14.2 Å². The van der Waals surface area contributed by atoms with Crippen molar-refractivity contribution in [1.29, 1.82) is 0 Å². The third-order valence-corrected chi connectivity index (χ3v) is 5.32. The van der Waals surface area contributed by atoms with Crippen LogP contribution >= 0.6 is 0 Å². The van der Waals surface area contributed by atoms with Gasteiger partial charge in [-0.15, -0.1) is 5.10 Å². The summed E-state index contributed by atoms with van der Waals surface area (Å²) in [5, 5.41) is 21.8. The normalized spacial score (nSPS) is 14.8. The number of nitrogens with one attached hydrogen (secondary N) is 1. The number of aromatic nitrogens is 5. The Labute approximate surface area is 187 Å². The molecule has 0 aliphatic carbocycles. The van der Waals surface area contributed by atoms with E-state index in [2.05, 4.69) is 40.7 Å². The Hall–Kier alpha value is -4.16. The van der Waals surface area contributed by atoms with E-state index in [0.717, 1.165) is 29.4 Å². The molecule has 1 saturated heterocycles. The third kappa shape index (κ3) is 4.29. The van der Waals surface area contributed by atoms with Crippen molar-refractivity contribution in [3.05, 3.63) is 59.4 Å². The molecule has 1 aliphatic rings. The zero-order valence-electron chi connectivity index (χ0n) is 17.6. The van der Waals surface area contributed by atoms with Crippen LogP contribution in [0.4, 0.5) is 5.82 Å². The Morgan fingerprint density at radius 2 is 1.97 bits per heavy atom. The van der Waals surface area contributed by atoms with Gasteiger partial charge in [-0.2, -0.15) is 9.78 Å². The van der Waals surface area contributed by atoms with Crippen LogP contribution < -0.4 is 11.2 Å². The van der Waals surface area contributed by atoms with E-state index in [0.29, 0.717) is 25.5 Å². The molecular weight excluding hydrogens is 426 g/mol. The average Bonchev–Trinajstić information content (AvgIpc) is 3.45. The van der Waals surface area contributed by atoms with E-state index in [1.54, 1.807) is 6.21 Å². The molecule has 0 saturated carbocycles. The SMILES string of the molecule is Nc1nonc1-n1nnc(CN2CCOCC2)c1C(=O)NN=Cc1cccc2ccccc12. The topological polar surface area (TPSA) is 150 Å². The first-order chi connectivity index (χ1) is 16.2. The van der Waals surface area contributed by atoms with Crippen molar-refractivity contribution in [3.63, 3.8) is 0 Å². The minimum Gasteiger partial charge on any atom is -0.379 e. The number of nitrogen functional groups attached to an aromatic ring is 1. The number of nitrogens with zero attached hydrogens (tertiary/aromatic N) is 7. The number of ether oxygens (including phenoxy) is 1. The van der Waals surface area contributed by atoms with E-state index in [1.807, 2.05) is 42.5 Å². The minimum absolute atomic E-state index is 0.00821. The lowest BCUT2D eigenvalue weighted by Crippen LogP contribution is -2.36. The lowest BCUT2D eigenvalue weighted by Gasteiger charge is -2.25. The summed E-state index contributed by atoms with van der Waals surface area (Å²) in [6.07, 6.45) is 1.60. The maximum Gasteiger partial charge on any atom is 0.292 e. The second kappa shape index (κ2) is 9.14. The third-order valence-electron chi connectivity index (χ3n) is 5.32. The van der Waals surface area contributed by atoms with E-state index in [1.165, 1.54) is 4.68 Å². The number of morpholine rings is 1. The van der Waals surface area contributed by atoms with Gasteiger partial charge in [-0.25, -0.2) is 10.1 Å². The smallest absolute Gasteiger partial charge is 0.292 e. The highest BCUT2D eigenvalue weighted by Crippen LogP contribution is 2.18. The zero-order valence-corrected chi connectivity index (χ0v) is 17.6. The Balaban J connectivity index is 1.42. The summed E-state index contributed by atoms with van der Waals surface area (Å²) < 4.78 is 11.3. The first-order valence-corrected chi connectivity index (χ1v) is 10.3. The molecule has 2 aromatic carbocycles. The first-order valence-electron chi connectivity index (χ1n) is 10.3. The van der Waals surface area contributed by atoms with Gasteiger partial charge in [-0.05, 0) is 21.1 Å². The molecule has 0 bridgehead atoms. The highest BCUT2D eigenvalue weighted by atomic mass is 16.6. The average molecular weight is 447 g/mol. The number of carbonyl (C=O) groups excluding carboxylic acids is 1. The van der Waals surface area contributed by atoms with Crippen LogP contribution in [-0.4, -0.2) is 68.6 Å². The summed E-state index contributed by atoms with van der Waals surface area (Å²) in [5.41, 5.74) is 9.87. The number of amides is 1. The van der Waals surface area contributed by atoms with E-state index in [9.17, 15) is 4.79 Å². The van der Waals surface area contributed by atoms with Gasteiger partial charge in [-0.1, -0.05) is 47.7 Å². The van der Waals surface area contributed by atoms with Gasteiger partial charge in [0.1, 0.15) is 5.69 Å². The molecule has 3 N–H and O–H groups in total. The van der Waals surface area contributed by atoms with Gasteiger partial charge in [0.25, 0.3) is 5.91 Å². The summed E-state index contributed by atoms with van der Waals surface area (Å²) in [6, 6.07) is 13.8. The number of hydrazone groups is 1. The van der Waals surface area contributed by atoms with Crippen molar-refractivity contribution in [2.24, 2.45) is 5.10 Å². The van der Waals surface area contributed by atoms with Crippen LogP contribution in [0.3, 0.4) is 0 Å². The number of nitrogens with two attached hydrogens (primary N) is 1. The van der Waals surface area contributed by atoms with Crippen LogP contribution in [0.25, 0.3) is 16.6 Å². The van der Waals surface area contributed by atoms with E-state index in [4.69, 9.17) is 10.5 Å². The molecular formula is C21H21N9O3. The summed E-state index contributed by atoms with van der Waals surface area (Å²) in [4.78, 5) is 15.3. The zero-order chi connectivity index (χ0) is 22.6. The number of anilines is 1. The van der Waals surface area contributed by atoms with Crippen molar-refractivity contribution in [2.45, 2.75) is 6.54 Å². The molecule has 0 atom stereocenters. The van der Waals surface area contributed by atoms with Crippen LogP contribution in [0, 0.1) is 0 Å². The van der Waals surface area contributed by atoms with E-state index in [-0.39, 0.29) is 17.3 Å². The molecule has 1 fully saturated rings. The number of carbonyl (C=O) groups is 1. The number of rotatable bonds is 6. The summed E-state index contributed by atoms with van der Waals surface area (Å²) in [5.74, 6) is -0.438. The highest BCUT2D eigenvalue weighted by Gasteiger charge is 2.26. The molecule has 1 amide bonds. The number of hydrogen-bond donors (Lipinski definition) is 2. The van der Waals surface area contributed by atoms with Crippen LogP contribution in [0.2, 0.25) is 0 Å². The van der Waals surface area contributed by atoms with Crippen LogP contribution in [-0.2, 0) is 11.3 Å². The fourth-order valence-corrected chi connectivity index (χ4v) is 3.68. The first kappa shape index (κ1) is 20.7. The molecule has 12 nitrogen and oxygen atoms in total. The van der Waals surface area contributed by atoms with Crippen molar-refractivity contribution >= 4 is 28.7 Å². The van der Waals surface area contributed by atoms with Crippen LogP contribution in [0.15, 0.2) is 52.2 Å². The maximum absolute atomic E-state index is 13.2. The molecule has 12 heteroatoms. The molecule has 5 rings (SSSR count). The molecule has 33 heavy (non-hydrogen) atoms. The minimum atomic E-state index is -0.512. The fraction of sp³-hybridized carbons (Fsp3) is 0.238. The standard InChI is InChI=1S/C21H21N9O3/c22-19-20(27-33-26-19)30-18(17(24-28-30)13-29-8-10-32-11-9-29)21(31)25-23-12-15-6-3-5-14-4-1-2-7-16(14)15/h1-7,12H,8-11,13H2,(H2,22,26)(H,25,31). The number of benzene rings is 2. The van der Waals surface area contributed by atoms with Gasteiger partial charge in [0.2, 0.25) is 11.6 Å². The second-order valence-corrected chi connectivity index (χ2v) is 7.43. The summed E-state index contributed by atoms with van der Waals surface area (Å²) in [6.45, 7) is 3.09. The summed E-state index contributed by atoms with van der Waals surface area (Å²) >= 11 is 0. The molecule has 0 spiro atoms. The lowest BCUT2D eigenvalue weighted by molar-refractivity contribution is 0.0335. The number of fused-ring (bicyclic) bond motifs is 1. The monoisotopic (exact) mass is 447 g/mol.